The summed E-state index contributed by atoms with van der Waals surface area (Å²) < 4.78 is 14.5. The molecular formula is C14H18BrFN2O. The van der Waals surface area contributed by atoms with Gasteiger partial charge in [0.15, 0.2) is 0 Å². The molecule has 1 heterocycles. The Balaban J connectivity index is 2.12. The molecule has 1 aliphatic heterocycles. The van der Waals surface area contributed by atoms with Crippen molar-refractivity contribution in [2.45, 2.75) is 19.9 Å². The fourth-order valence-electron chi connectivity index (χ4n) is 2.48. The first-order valence-electron chi connectivity index (χ1n) is 6.51. The van der Waals surface area contributed by atoms with E-state index < -0.39 is 5.82 Å². The van der Waals surface area contributed by atoms with Crippen LogP contribution in [0.2, 0.25) is 0 Å². The van der Waals surface area contributed by atoms with Gasteiger partial charge in [0.25, 0.3) is 5.91 Å². The molecule has 1 saturated heterocycles. The summed E-state index contributed by atoms with van der Waals surface area (Å²) in [6.45, 7) is 7.36. The molecule has 3 nitrogen and oxygen atoms in total. The molecule has 5 heteroatoms. The molecule has 104 valence electrons. The lowest BCUT2D eigenvalue weighted by atomic mass is 10.1. The van der Waals surface area contributed by atoms with E-state index in [-0.39, 0.29) is 11.5 Å². The second-order valence-electron chi connectivity index (χ2n) is 4.85. The number of amides is 1. The van der Waals surface area contributed by atoms with Gasteiger partial charge in [0.1, 0.15) is 5.82 Å². The normalized spacial score (nSPS) is 20.6. The minimum absolute atomic E-state index is 0.153. The van der Waals surface area contributed by atoms with Crippen molar-refractivity contribution in [2.24, 2.45) is 0 Å². The Morgan fingerprint density at radius 1 is 1.47 bits per heavy atom. The third-order valence-corrected chi connectivity index (χ3v) is 4.11. The quantitative estimate of drug-likeness (QED) is 0.833. The van der Waals surface area contributed by atoms with Gasteiger partial charge in [-0.2, -0.15) is 0 Å². The fourth-order valence-corrected chi connectivity index (χ4v) is 2.82. The average Bonchev–Trinajstić information content (AvgIpc) is 2.38. The van der Waals surface area contributed by atoms with Crippen LogP contribution in [0.25, 0.3) is 0 Å². The zero-order valence-electron chi connectivity index (χ0n) is 11.2. The lowest BCUT2D eigenvalue weighted by molar-refractivity contribution is 0.0524. The molecule has 0 bridgehead atoms. The second kappa shape index (κ2) is 6.01. The van der Waals surface area contributed by atoms with E-state index in [2.05, 4.69) is 34.7 Å². The summed E-state index contributed by atoms with van der Waals surface area (Å²) >= 11 is 3.20. The topological polar surface area (TPSA) is 23.6 Å². The van der Waals surface area contributed by atoms with E-state index in [4.69, 9.17) is 0 Å². The highest BCUT2D eigenvalue weighted by atomic mass is 79.9. The molecule has 1 aromatic rings. The fraction of sp³-hybridized carbons (Fsp3) is 0.500. The summed E-state index contributed by atoms with van der Waals surface area (Å²) in [4.78, 5) is 16.4. The zero-order chi connectivity index (χ0) is 14.0. The van der Waals surface area contributed by atoms with Crippen LogP contribution in [-0.2, 0) is 0 Å². The van der Waals surface area contributed by atoms with Crippen molar-refractivity contribution in [3.8, 4) is 0 Å². The average molecular weight is 329 g/mol. The van der Waals surface area contributed by atoms with Crippen LogP contribution in [0.15, 0.2) is 22.7 Å². The first-order valence-corrected chi connectivity index (χ1v) is 7.30. The van der Waals surface area contributed by atoms with Gasteiger partial charge in [-0.15, -0.1) is 0 Å². The number of benzene rings is 1. The number of carbonyl (C=O) groups excluding carboxylic acids is 1. The van der Waals surface area contributed by atoms with Crippen LogP contribution in [0.3, 0.4) is 0 Å². The van der Waals surface area contributed by atoms with Crippen LogP contribution >= 0.6 is 15.9 Å². The Morgan fingerprint density at radius 2 is 2.21 bits per heavy atom. The van der Waals surface area contributed by atoms with E-state index in [1.54, 1.807) is 17.0 Å². The first kappa shape index (κ1) is 14.5. The molecular weight excluding hydrogens is 311 g/mol. The highest BCUT2D eigenvalue weighted by Gasteiger charge is 2.27. The number of halogens is 2. The maximum Gasteiger partial charge on any atom is 0.256 e. The molecule has 1 aliphatic rings. The standard InChI is InChI=1S/C14H18BrFN2O/c1-3-17-6-7-18(9-10(17)2)14(19)12-5-4-11(15)8-13(12)16/h4-5,8,10H,3,6-7,9H2,1-2H3. The number of piperazine rings is 1. The van der Waals surface area contributed by atoms with Gasteiger partial charge in [0, 0.05) is 30.1 Å². The predicted octanol–water partition coefficient (Wildman–Crippen LogP) is 2.75. The lowest BCUT2D eigenvalue weighted by Gasteiger charge is -2.39. The van der Waals surface area contributed by atoms with E-state index in [0.29, 0.717) is 23.6 Å². The maximum absolute atomic E-state index is 13.8. The van der Waals surface area contributed by atoms with Gasteiger partial charge >= 0.3 is 0 Å². The molecule has 19 heavy (non-hydrogen) atoms. The van der Waals surface area contributed by atoms with Crippen molar-refractivity contribution >= 4 is 21.8 Å². The highest BCUT2D eigenvalue weighted by Crippen LogP contribution is 2.18. The zero-order valence-corrected chi connectivity index (χ0v) is 12.8. The van der Waals surface area contributed by atoms with Gasteiger partial charge in [0.2, 0.25) is 0 Å². The summed E-state index contributed by atoms with van der Waals surface area (Å²) in [6, 6.07) is 4.89. The van der Waals surface area contributed by atoms with Crippen LogP contribution in [0.4, 0.5) is 4.39 Å². The summed E-state index contributed by atoms with van der Waals surface area (Å²) in [5.41, 5.74) is 0.153. The van der Waals surface area contributed by atoms with Crippen molar-refractivity contribution in [1.82, 2.24) is 9.80 Å². The Kier molecular flexibility index (Phi) is 4.58. The summed E-state index contributed by atoms with van der Waals surface area (Å²) in [7, 11) is 0. The van der Waals surface area contributed by atoms with Crippen molar-refractivity contribution in [2.75, 3.05) is 26.2 Å². The third kappa shape index (κ3) is 3.15. The Labute approximate surface area is 121 Å². The first-order chi connectivity index (χ1) is 9.02. The molecule has 1 amide bonds. The molecule has 0 N–H and O–H groups in total. The Morgan fingerprint density at radius 3 is 2.79 bits per heavy atom. The minimum Gasteiger partial charge on any atom is -0.336 e. The van der Waals surface area contributed by atoms with Gasteiger partial charge in [-0.25, -0.2) is 4.39 Å². The second-order valence-corrected chi connectivity index (χ2v) is 5.77. The van der Waals surface area contributed by atoms with Crippen LogP contribution in [0.1, 0.15) is 24.2 Å². The number of rotatable bonds is 2. The van der Waals surface area contributed by atoms with Crippen molar-refractivity contribution in [1.29, 1.82) is 0 Å². The summed E-state index contributed by atoms with van der Waals surface area (Å²) in [5, 5.41) is 0. The molecule has 0 aromatic heterocycles. The van der Waals surface area contributed by atoms with E-state index in [1.165, 1.54) is 6.07 Å². The van der Waals surface area contributed by atoms with E-state index in [9.17, 15) is 9.18 Å². The molecule has 0 saturated carbocycles. The van der Waals surface area contributed by atoms with Crippen LogP contribution in [-0.4, -0.2) is 47.9 Å². The van der Waals surface area contributed by atoms with Gasteiger partial charge in [-0.1, -0.05) is 22.9 Å². The van der Waals surface area contributed by atoms with Gasteiger partial charge in [-0.3, -0.25) is 9.69 Å². The largest absolute Gasteiger partial charge is 0.336 e. The summed E-state index contributed by atoms with van der Waals surface area (Å²) in [5.74, 6) is -0.683. The molecule has 0 aliphatic carbocycles. The molecule has 0 spiro atoms. The molecule has 1 fully saturated rings. The Hall–Kier alpha value is -0.940. The number of carbonyl (C=O) groups is 1. The van der Waals surface area contributed by atoms with Gasteiger partial charge in [0.05, 0.1) is 5.56 Å². The highest BCUT2D eigenvalue weighted by molar-refractivity contribution is 9.10. The van der Waals surface area contributed by atoms with Crippen molar-refractivity contribution < 1.29 is 9.18 Å². The predicted molar refractivity (Wildman–Crippen MR) is 76.7 cm³/mol. The lowest BCUT2D eigenvalue weighted by Crippen LogP contribution is -2.53. The van der Waals surface area contributed by atoms with Crippen molar-refractivity contribution in [3.63, 3.8) is 0 Å². The van der Waals surface area contributed by atoms with Crippen LogP contribution < -0.4 is 0 Å². The van der Waals surface area contributed by atoms with Crippen LogP contribution in [0.5, 0.6) is 0 Å². The maximum atomic E-state index is 13.8. The van der Waals surface area contributed by atoms with E-state index in [1.807, 2.05) is 0 Å². The van der Waals surface area contributed by atoms with E-state index in [0.717, 1.165) is 13.1 Å². The number of hydrogen-bond donors (Lipinski definition) is 0. The smallest absolute Gasteiger partial charge is 0.256 e. The number of hydrogen-bond acceptors (Lipinski definition) is 2. The van der Waals surface area contributed by atoms with Crippen LogP contribution in [0, 0.1) is 5.82 Å². The van der Waals surface area contributed by atoms with Crippen molar-refractivity contribution in [3.05, 3.63) is 34.1 Å². The third-order valence-electron chi connectivity index (χ3n) is 3.62. The molecule has 1 unspecified atom stereocenters. The van der Waals surface area contributed by atoms with Gasteiger partial charge < -0.3 is 4.90 Å². The molecule has 1 aromatic carbocycles. The van der Waals surface area contributed by atoms with Gasteiger partial charge in [-0.05, 0) is 31.7 Å². The Bertz CT molecular complexity index is 481. The van der Waals surface area contributed by atoms with E-state index >= 15 is 0 Å². The minimum atomic E-state index is -0.468. The number of nitrogens with zero attached hydrogens (tertiary/aromatic N) is 2. The SMILES string of the molecule is CCN1CCN(C(=O)c2ccc(Br)cc2F)CC1C. The molecule has 1 atom stereocenters. The monoisotopic (exact) mass is 328 g/mol. The molecule has 2 rings (SSSR count). The summed E-state index contributed by atoms with van der Waals surface area (Å²) in [6.07, 6.45) is 0. The molecule has 0 radical (unpaired) electrons. The number of likely N-dealkylation sites (N-methyl/N-ethyl adjacent to an activating group) is 1.